The van der Waals surface area contributed by atoms with Gasteiger partial charge in [-0.05, 0) is 24.6 Å². The van der Waals surface area contributed by atoms with Crippen molar-refractivity contribution in [1.82, 2.24) is 0 Å². The van der Waals surface area contributed by atoms with Gasteiger partial charge in [-0.15, -0.1) is 0 Å². The van der Waals surface area contributed by atoms with Crippen molar-refractivity contribution in [2.75, 3.05) is 0 Å². The third-order valence-electron chi connectivity index (χ3n) is 1.70. The average molecular weight is 182 g/mol. The monoisotopic (exact) mass is 182 g/mol. The molecule has 0 aromatic rings. The highest BCUT2D eigenvalue weighted by atomic mass is 16.4. The first-order valence-corrected chi connectivity index (χ1v) is 3.81. The highest BCUT2D eigenvalue weighted by Crippen LogP contribution is 2.17. The van der Waals surface area contributed by atoms with Crippen LogP contribution in [-0.2, 0) is 4.79 Å². The molecule has 4 heteroatoms. The zero-order valence-corrected chi connectivity index (χ0v) is 6.84. The summed E-state index contributed by atoms with van der Waals surface area (Å²) in [6, 6.07) is 0. The number of carboxylic acid groups (broad SMARTS) is 1. The van der Waals surface area contributed by atoms with Crippen molar-refractivity contribution in [3.05, 3.63) is 35.8 Å². The first kappa shape index (κ1) is 9.38. The molecule has 70 valence electrons. The summed E-state index contributed by atoms with van der Waals surface area (Å²) in [6.07, 6.45) is 6.41. The van der Waals surface area contributed by atoms with Crippen molar-refractivity contribution < 1.29 is 20.1 Å². The van der Waals surface area contributed by atoms with E-state index in [9.17, 15) is 4.79 Å². The van der Waals surface area contributed by atoms with Crippen molar-refractivity contribution >= 4 is 5.97 Å². The smallest absolute Gasteiger partial charge is 0.370 e. The van der Waals surface area contributed by atoms with Crippen LogP contribution in [0.25, 0.3) is 0 Å². The predicted octanol–water partition coefficient (Wildman–Crippen LogP) is 1.53. The lowest BCUT2D eigenvalue weighted by Crippen LogP contribution is -2.04. The lowest BCUT2D eigenvalue weighted by atomic mass is 9.99. The second kappa shape index (κ2) is 3.80. The zero-order chi connectivity index (χ0) is 9.84. The minimum Gasteiger partial charge on any atom is -0.508 e. The van der Waals surface area contributed by atoms with E-state index in [0.29, 0.717) is 6.42 Å². The van der Waals surface area contributed by atoms with Crippen LogP contribution in [0.2, 0.25) is 0 Å². The minimum absolute atomic E-state index is 0.160. The molecule has 0 aromatic heterocycles. The van der Waals surface area contributed by atoms with Gasteiger partial charge in [-0.25, -0.2) is 4.79 Å². The Hall–Kier alpha value is -1.71. The second-order valence-corrected chi connectivity index (χ2v) is 2.74. The van der Waals surface area contributed by atoms with Gasteiger partial charge in [0.25, 0.3) is 0 Å². The summed E-state index contributed by atoms with van der Waals surface area (Å²) >= 11 is 0. The van der Waals surface area contributed by atoms with Gasteiger partial charge >= 0.3 is 5.97 Å². The SMILES string of the molecule is O=C(O)/C(O)=C/C1C=CC(O)=CC1. The average Bonchev–Trinajstić information content (AvgIpc) is 2.08. The molecule has 3 N–H and O–H groups in total. The van der Waals surface area contributed by atoms with Crippen LogP contribution >= 0.6 is 0 Å². The number of allylic oxidation sites excluding steroid dienone is 4. The Bertz CT molecular complexity index is 299. The van der Waals surface area contributed by atoms with Gasteiger partial charge in [0.15, 0.2) is 5.76 Å². The Kier molecular flexibility index (Phi) is 2.74. The third kappa shape index (κ3) is 2.66. The molecule has 13 heavy (non-hydrogen) atoms. The largest absolute Gasteiger partial charge is 0.508 e. The Morgan fingerprint density at radius 1 is 1.54 bits per heavy atom. The van der Waals surface area contributed by atoms with Crippen LogP contribution in [0.15, 0.2) is 35.8 Å². The van der Waals surface area contributed by atoms with Crippen molar-refractivity contribution in [2.45, 2.75) is 6.42 Å². The molecule has 1 aliphatic rings. The van der Waals surface area contributed by atoms with E-state index in [1.165, 1.54) is 12.2 Å². The van der Waals surface area contributed by atoms with Crippen molar-refractivity contribution in [3.63, 3.8) is 0 Å². The number of aliphatic hydroxyl groups excluding tert-OH is 2. The predicted molar refractivity (Wildman–Crippen MR) is 46.3 cm³/mol. The van der Waals surface area contributed by atoms with Crippen molar-refractivity contribution in [1.29, 1.82) is 0 Å². The van der Waals surface area contributed by atoms with E-state index in [4.69, 9.17) is 15.3 Å². The fraction of sp³-hybridized carbons (Fsp3) is 0.222. The topological polar surface area (TPSA) is 77.8 Å². The third-order valence-corrected chi connectivity index (χ3v) is 1.70. The van der Waals surface area contributed by atoms with Gasteiger partial charge in [0, 0.05) is 5.92 Å². The van der Waals surface area contributed by atoms with Crippen LogP contribution in [0, 0.1) is 5.92 Å². The standard InChI is InChI=1S/C9H10O4/c10-7-3-1-6(2-4-7)5-8(11)9(12)13/h1,3-6,10-11H,2H2,(H,12,13)/b8-5-. The molecule has 0 spiro atoms. The van der Waals surface area contributed by atoms with Gasteiger partial charge in [-0.1, -0.05) is 6.08 Å². The van der Waals surface area contributed by atoms with Gasteiger partial charge in [-0.2, -0.15) is 0 Å². The molecule has 0 heterocycles. The van der Waals surface area contributed by atoms with E-state index in [-0.39, 0.29) is 11.7 Å². The number of carbonyl (C=O) groups is 1. The number of hydrogen-bond donors (Lipinski definition) is 3. The van der Waals surface area contributed by atoms with Crippen molar-refractivity contribution in [3.8, 4) is 0 Å². The fourth-order valence-corrected chi connectivity index (χ4v) is 1.02. The van der Waals surface area contributed by atoms with Crippen LogP contribution in [-0.4, -0.2) is 21.3 Å². The summed E-state index contributed by atoms with van der Waals surface area (Å²) in [5, 5.41) is 26.2. The molecular formula is C9H10O4. The molecule has 0 aromatic carbocycles. The maximum atomic E-state index is 10.2. The number of aliphatic carboxylic acids is 1. The van der Waals surface area contributed by atoms with Crippen LogP contribution in [0.5, 0.6) is 0 Å². The molecule has 0 saturated heterocycles. The van der Waals surface area contributed by atoms with Crippen LogP contribution in [0.1, 0.15) is 6.42 Å². The van der Waals surface area contributed by atoms with Crippen LogP contribution in [0.3, 0.4) is 0 Å². The Morgan fingerprint density at radius 3 is 2.69 bits per heavy atom. The molecule has 1 aliphatic carbocycles. The summed E-state index contributed by atoms with van der Waals surface area (Å²) in [7, 11) is 0. The van der Waals surface area contributed by atoms with Crippen LogP contribution < -0.4 is 0 Å². The normalized spacial score (nSPS) is 22.6. The van der Waals surface area contributed by atoms with Gasteiger partial charge in [0.2, 0.25) is 0 Å². The molecule has 0 radical (unpaired) electrons. The fourth-order valence-electron chi connectivity index (χ4n) is 1.02. The number of rotatable bonds is 2. The highest BCUT2D eigenvalue weighted by molar-refractivity contribution is 5.83. The van der Waals surface area contributed by atoms with E-state index < -0.39 is 11.7 Å². The van der Waals surface area contributed by atoms with Gasteiger partial charge in [0.05, 0.1) is 0 Å². The van der Waals surface area contributed by atoms with Crippen LogP contribution in [0.4, 0.5) is 0 Å². The van der Waals surface area contributed by atoms with Gasteiger partial charge < -0.3 is 15.3 Å². The summed E-state index contributed by atoms with van der Waals surface area (Å²) in [4.78, 5) is 10.2. The Balaban J connectivity index is 2.63. The zero-order valence-electron chi connectivity index (χ0n) is 6.84. The lowest BCUT2D eigenvalue weighted by molar-refractivity contribution is -0.135. The minimum atomic E-state index is -1.34. The highest BCUT2D eigenvalue weighted by Gasteiger charge is 2.10. The number of aliphatic hydroxyl groups is 2. The Morgan fingerprint density at radius 2 is 2.23 bits per heavy atom. The number of carboxylic acids is 1. The quantitative estimate of drug-likeness (QED) is 0.447. The molecule has 1 unspecified atom stereocenters. The van der Waals surface area contributed by atoms with Crippen molar-refractivity contribution in [2.24, 2.45) is 5.92 Å². The lowest BCUT2D eigenvalue weighted by Gasteiger charge is -2.08. The van der Waals surface area contributed by atoms with E-state index in [1.54, 1.807) is 12.2 Å². The molecule has 0 amide bonds. The molecule has 0 bridgehead atoms. The molecular weight excluding hydrogens is 172 g/mol. The summed E-state index contributed by atoms with van der Waals surface area (Å²) in [5.41, 5.74) is 0. The van der Waals surface area contributed by atoms with E-state index in [0.717, 1.165) is 0 Å². The molecule has 1 rings (SSSR count). The number of hydrogen-bond acceptors (Lipinski definition) is 3. The molecule has 0 saturated carbocycles. The molecule has 1 atom stereocenters. The maximum absolute atomic E-state index is 10.2. The summed E-state index contributed by atoms with van der Waals surface area (Å²) in [5.74, 6) is -2.00. The van der Waals surface area contributed by atoms with Gasteiger partial charge in [0.1, 0.15) is 5.76 Å². The molecule has 4 nitrogen and oxygen atoms in total. The van der Waals surface area contributed by atoms with E-state index in [1.807, 2.05) is 0 Å². The first-order chi connectivity index (χ1) is 6.09. The Labute approximate surface area is 75.1 Å². The maximum Gasteiger partial charge on any atom is 0.370 e. The molecule has 0 fully saturated rings. The second-order valence-electron chi connectivity index (χ2n) is 2.74. The molecule has 0 aliphatic heterocycles. The first-order valence-electron chi connectivity index (χ1n) is 3.81. The summed E-state index contributed by atoms with van der Waals surface area (Å²) in [6.45, 7) is 0. The van der Waals surface area contributed by atoms with E-state index >= 15 is 0 Å². The summed E-state index contributed by atoms with van der Waals surface area (Å²) < 4.78 is 0. The van der Waals surface area contributed by atoms with E-state index in [2.05, 4.69) is 0 Å². The van der Waals surface area contributed by atoms with Gasteiger partial charge in [-0.3, -0.25) is 0 Å².